The standard InChI is InChI=1S/C10H4ClFIN3/c11-7-1-8(12)9(13)2-10(7)16-5-6(3-14)4-15/h1-2,5,16H. The summed E-state index contributed by atoms with van der Waals surface area (Å²) in [5, 5.41) is 19.9. The van der Waals surface area contributed by atoms with E-state index in [9.17, 15) is 4.39 Å². The topological polar surface area (TPSA) is 59.6 Å². The smallest absolute Gasteiger partial charge is 0.145 e. The van der Waals surface area contributed by atoms with Crippen molar-refractivity contribution >= 4 is 39.9 Å². The molecule has 1 aromatic carbocycles. The molecule has 0 spiro atoms. The highest BCUT2D eigenvalue weighted by Crippen LogP contribution is 2.26. The lowest BCUT2D eigenvalue weighted by molar-refractivity contribution is 0.620. The number of benzene rings is 1. The number of nitrogens with zero attached hydrogens (tertiary/aromatic N) is 2. The Morgan fingerprint density at radius 3 is 2.62 bits per heavy atom. The largest absolute Gasteiger partial charge is 0.359 e. The van der Waals surface area contributed by atoms with Crippen molar-refractivity contribution in [3.8, 4) is 12.1 Å². The summed E-state index contributed by atoms with van der Waals surface area (Å²) in [6.45, 7) is 0. The van der Waals surface area contributed by atoms with Gasteiger partial charge >= 0.3 is 0 Å². The molecule has 0 saturated carbocycles. The summed E-state index contributed by atoms with van der Waals surface area (Å²) < 4.78 is 13.4. The van der Waals surface area contributed by atoms with E-state index in [4.69, 9.17) is 22.1 Å². The second kappa shape index (κ2) is 5.69. The van der Waals surface area contributed by atoms with E-state index < -0.39 is 5.82 Å². The maximum atomic E-state index is 13.1. The van der Waals surface area contributed by atoms with Crippen molar-refractivity contribution in [1.29, 1.82) is 10.5 Å². The fraction of sp³-hybridized carbons (Fsp3) is 0. The zero-order chi connectivity index (χ0) is 12.1. The van der Waals surface area contributed by atoms with E-state index in [1.807, 2.05) is 22.6 Å². The highest BCUT2D eigenvalue weighted by Gasteiger charge is 2.05. The van der Waals surface area contributed by atoms with Gasteiger partial charge in [0.1, 0.15) is 23.5 Å². The van der Waals surface area contributed by atoms with Gasteiger partial charge in [0.15, 0.2) is 0 Å². The van der Waals surface area contributed by atoms with Crippen molar-refractivity contribution in [1.82, 2.24) is 0 Å². The molecule has 3 nitrogen and oxygen atoms in total. The third-order valence-electron chi connectivity index (χ3n) is 1.62. The summed E-state index contributed by atoms with van der Waals surface area (Å²) >= 11 is 7.59. The minimum Gasteiger partial charge on any atom is -0.359 e. The molecule has 80 valence electrons. The first-order chi connectivity index (χ1) is 7.58. The van der Waals surface area contributed by atoms with Crippen molar-refractivity contribution < 1.29 is 4.39 Å². The van der Waals surface area contributed by atoms with Crippen molar-refractivity contribution in [3.05, 3.63) is 38.3 Å². The van der Waals surface area contributed by atoms with Crippen LogP contribution in [0, 0.1) is 32.0 Å². The quantitative estimate of drug-likeness (QED) is 0.506. The molecule has 6 heteroatoms. The molecule has 0 radical (unpaired) electrons. The Hall–Kier alpha value is -1.31. The zero-order valence-corrected chi connectivity index (χ0v) is 10.7. The van der Waals surface area contributed by atoms with Crippen LogP contribution in [0.4, 0.5) is 10.1 Å². The maximum Gasteiger partial charge on any atom is 0.145 e. The van der Waals surface area contributed by atoms with Gasteiger partial charge in [-0.15, -0.1) is 0 Å². The van der Waals surface area contributed by atoms with Crippen molar-refractivity contribution in [2.75, 3.05) is 5.32 Å². The summed E-state index contributed by atoms with van der Waals surface area (Å²) in [7, 11) is 0. The molecular formula is C10H4ClFIN3. The van der Waals surface area contributed by atoms with Crippen LogP contribution in [0.25, 0.3) is 0 Å². The molecule has 0 aliphatic heterocycles. The van der Waals surface area contributed by atoms with E-state index in [-0.39, 0.29) is 10.6 Å². The SMILES string of the molecule is N#CC(C#N)=CNc1cc(I)c(F)cc1Cl. The molecule has 0 aromatic heterocycles. The molecule has 0 atom stereocenters. The summed E-state index contributed by atoms with van der Waals surface area (Å²) in [6, 6.07) is 6.02. The lowest BCUT2D eigenvalue weighted by Crippen LogP contribution is -1.93. The highest BCUT2D eigenvalue weighted by atomic mass is 127. The first-order valence-electron chi connectivity index (χ1n) is 4.00. The third kappa shape index (κ3) is 3.09. The molecule has 0 aliphatic carbocycles. The number of halogens is 3. The van der Waals surface area contributed by atoms with Crippen molar-refractivity contribution in [2.24, 2.45) is 0 Å². The van der Waals surface area contributed by atoms with Crippen LogP contribution in [0.5, 0.6) is 0 Å². The summed E-state index contributed by atoms with van der Waals surface area (Å²) in [5.41, 5.74) is 0.353. The first-order valence-corrected chi connectivity index (χ1v) is 5.45. The fourth-order valence-corrected chi connectivity index (χ4v) is 1.54. The van der Waals surface area contributed by atoms with E-state index in [2.05, 4.69) is 5.32 Å². The third-order valence-corrected chi connectivity index (χ3v) is 2.76. The number of allylic oxidation sites excluding steroid dienone is 1. The molecule has 1 rings (SSSR count). The van der Waals surface area contributed by atoms with Gasteiger partial charge in [0.05, 0.1) is 14.3 Å². The van der Waals surface area contributed by atoms with Gasteiger partial charge in [-0.3, -0.25) is 0 Å². The summed E-state index contributed by atoms with van der Waals surface area (Å²) in [4.78, 5) is 0. The van der Waals surface area contributed by atoms with Crippen molar-refractivity contribution in [3.63, 3.8) is 0 Å². The molecule has 1 aromatic rings. The predicted molar refractivity (Wildman–Crippen MR) is 67.1 cm³/mol. The van der Waals surface area contributed by atoms with E-state index in [0.717, 1.165) is 6.07 Å². The van der Waals surface area contributed by atoms with E-state index in [1.165, 1.54) is 12.3 Å². The molecule has 1 N–H and O–H groups in total. The van der Waals surface area contributed by atoms with Gasteiger partial charge in [-0.1, -0.05) is 11.6 Å². The van der Waals surface area contributed by atoms with Gasteiger partial charge in [0.2, 0.25) is 0 Å². The lowest BCUT2D eigenvalue weighted by atomic mass is 10.3. The normalized spacial score (nSPS) is 8.81. The van der Waals surface area contributed by atoms with Gasteiger partial charge in [0, 0.05) is 6.20 Å². The van der Waals surface area contributed by atoms with Crippen LogP contribution in [0.3, 0.4) is 0 Å². The molecule has 0 saturated heterocycles. The Morgan fingerprint density at radius 1 is 1.44 bits per heavy atom. The lowest BCUT2D eigenvalue weighted by Gasteiger charge is -2.05. The number of rotatable bonds is 2. The number of hydrogen-bond acceptors (Lipinski definition) is 3. The Morgan fingerprint density at radius 2 is 2.06 bits per heavy atom. The predicted octanol–water partition coefficient (Wildman–Crippen LogP) is 3.43. The number of hydrogen-bond donors (Lipinski definition) is 1. The van der Waals surface area contributed by atoms with Crippen LogP contribution in [0.2, 0.25) is 5.02 Å². The van der Waals surface area contributed by atoms with Crippen LogP contribution in [-0.4, -0.2) is 0 Å². The number of nitrogens with one attached hydrogen (secondary N) is 1. The zero-order valence-electron chi connectivity index (χ0n) is 7.76. The van der Waals surface area contributed by atoms with Gasteiger partial charge < -0.3 is 5.32 Å². The van der Waals surface area contributed by atoms with E-state index in [0.29, 0.717) is 9.26 Å². The van der Waals surface area contributed by atoms with Gasteiger partial charge in [-0.25, -0.2) is 4.39 Å². The average Bonchev–Trinajstić information content (AvgIpc) is 2.26. The molecule has 0 aliphatic rings. The van der Waals surface area contributed by atoms with Crippen molar-refractivity contribution in [2.45, 2.75) is 0 Å². The van der Waals surface area contributed by atoms with E-state index >= 15 is 0 Å². The van der Waals surface area contributed by atoms with Gasteiger partial charge in [0.25, 0.3) is 0 Å². The molecule has 16 heavy (non-hydrogen) atoms. The minimum atomic E-state index is -0.416. The molecule has 0 unspecified atom stereocenters. The summed E-state index contributed by atoms with van der Waals surface area (Å²) in [5.74, 6) is -0.416. The second-order valence-electron chi connectivity index (χ2n) is 2.67. The van der Waals surface area contributed by atoms with Crippen LogP contribution in [-0.2, 0) is 0 Å². The molecule has 0 bridgehead atoms. The second-order valence-corrected chi connectivity index (χ2v) is 4.24. The minimum absolute atomic E-state index is 0.0876. The molecule has 0 heterocycles. The van der Waals surface area contributed by atoms with Gasteiger partial charge in [-0.2, -0.15) is 10.5 Å². The Bertz CT molecular complexity index is 512. The van der Waals surface area contributed by atoms with Crippen LogP contribution in [0.15, 0.2) is 23.9 Å². The molecule has 0 fully saturated rings. The monoisotopic (exact) mass is 347 g/mol. The average molecular weight is 348 g/mol. The van der Waals surface area contributed by atoms with E-state index in [1.54, 1.807) is 12.1 Å². The Kier molecular flexibility index (Phi) is 4.53. The summed E-state index contributed by atoms with van der Waals surface area (Å²) in [6.07, 6.45) is 1.22. The van der Waals surface area contributed by atoms with Gasteiger partial charge in [-0.05, 0) is 34.7 Å². The van der Waals surface area contributed by atoms with Crippen LogP contribution in [0.1, 0.15) is 0 Å². The molecule has 0 amide bonds. The highest BCUT2D eigenvalue weighted by molar-refractivity contribution is 14.1. The van der Waals surface area contributed by atoms with Crippen LogP contribution >= 0.6 is 34.2 Å². The first kappa shape index (κ1) is 12.8. The fourth-order valence-electron chi connectivity index (χ4n) is 0.873. The molecular weight excluding hydrogens is 343 g/mol. The van der Waals surface area contributed by atoms with Crippen LogP contribution < -0.4 is 5.32 Å². The maximum absolute atomic E-state index is 13.1. The Balaban J connectivity index is 3.01. The number of anilines is 1. The number of nitriles is 2. The Labute approximate surface area is 110 Å².